The molecule has 0 bridgehead atoms. The van der Waals surface area contributed by atoms with Gasteiger partial charge in [0.1, 0.15) is 0 Å². The number of hydrogen-bond acceptors (Lipinski definition) is 3. The van der Waals surface area contributed by atoms with Crippen LogP contribution in [0.15, 0.2) is 24.3 Å². The van der Waals surface area contributed by atoms with Crippen molar-refractivity contribution in [3.8, 4) is 0 Å². The van der Waals surface area contributed by atoms with E-state index in [1.807, 2.05) is 0 Å². The molecule has 1 aliphatic heterocycles. The van der Waals surface area contributed by atoms with Crippen LogP contribution in [0.5, 0.6) is 0 Å². The van der Waals surface area contributed by atoms with Gasteiger partial charge < -0.3 is 14.4 Å². The molecule has 1 fully saturated rings. The highest BCUT2D eigenvalue weighted by Gasteiger charge is 2.40. The Morgan fingerprint density at radius 2 is 0.976 bits per heavy atom. The van der Waals surface area contributed by atoms with Gasteiger partial charge in [0.15, 0.2) is 5.79 Å². The molecule has 3 nitrogen and oxygen atoms in total. The number of allylic oxidation sites excluding steroid dienone is 4. The highest BCUT2D eigenvalue weighted by molar-refractivity contribution is 4.82. The fraction of sp³-hybridized carbons (Fsp3) is 0.895. The molecule has 1 heterocycles. The van der Waals surface area contributed by atoms with Gasteiger partial charge in [-0.2, -0.15) is 0 Å². The van der Waals surface area contributed by atoms with E-state index in [1.54, 1.807) is 0 Å². The lowest BCUT2D eigenvalue weighted by atomic mass is 9.98. The van der Waals surface area contributed by atoms with Crippen LogP contribution < -0.4 is 0 Å². The van der Waals surface area contributed by atoms with Gasteiger partial charge in [0, 0.05) is 12.8 Å². The van der Waals surface area contributed by atoms with E-state index in [-0.39, 0.29) is 5.79 Å². The lowest BCUT2D eigenvalue weighted by molar-refractivity contribution is -0.180. The Hall–Kier alpha value is -0.640. The topological polar surface area (TPSA) is 21.7 Å². The molecule has 3 heteroatoms. The maximum absolute atomic E-state index is 6.69. The molecular weight excluding hydrogens is 502 g/mol. The lowest BCUT2D eigenvalue weighted by Crippen LogP contribution is -2.31. The predicted molar refractivity (Wildman–Crippen MR) is 182 cm³/mol. The summed E-state index contributed by atoms with van der Waals surface area (Å²) in [5.74, 6) is -0.298. The van der Waals surface area contributed by atoms with E-state index in [1.165, 1.54) is 148 Å². The molecule has 1 unspecified atom stereocenters. The fourth-order valence-electron chi connectivity index (χ4n) is 6.00. The van der Waals surface area contributed by atoms with E-state index in [0.717, 1.165) is 32.4 Å². The highest BCUT2D eigenvalue weighted by atomic mass is 16.7. The van der Waals surface area contributed by atoms with Crippen LogP contribution in [-0.4, -0.2) is 44.0 Å². The van der Waals surface area contributed by atoms with Gasteiger partial charge in [0.2, 0.25) is 0 Å². The number of rotatable bonds is 30. The van der Waals surface area contributed by atoms with E-state index < -0.39 is 0 Å². The van der Waals surface area contributed by atoms with Crippen LogP contribution in [0.2, 0.25) is 0 Å². The molecule has 0 saturated carbocycles. The third-order valence-corrected chi connectivity index (χ3v) is 8.68. The van der Waals surface area contributed by atoms with Gasteiger partial charge in [-0.15, -0.1) is 0 Å². The SMILES string of the molecule is CCCCC/C=C\CCCCCCCCC1(CCCCCCCC/C=C\CCCCC)OCC(CCCN(C)C)O1. The first-order valence-corrected chi connectivity index (χ1v) is 18.4. The summed E-state index contributed by atoms with van der Waals surface area (Å²) in [4.78, 5) is 2.27. The fourth-order valence-corrected chi connectivity index (χ4v) is 6.00. The average Bonchev–Trinajstić information content (AvgIpc) is 3.36. The summed E-state index contributed by atoms with van der Waals surface area (Å²) >= 11 is 0. The van der Waals surface area contributed by atoms with Crippen LogP contribution in [0.3, 0.4) is 0 Å². The zero-order valence-electron chi connectivity index (χ0n) is 28.4. The van der Waals surface area contributed by atoms with Crippen LogP contribution in [0.4, 0.5) is 0 Å². The normalized spacial score (nSPS) is 17.1. The van der Waals surface area contributed by atoms with Gasteiger partial charge in [-0.3, -0.25) is 0 Å². The molecule has 1 atom stereocenters. The van der Waals surface area contributed by atoms with Crippen molar-refractivity contribution in [2.24, 2.45) is 0 Å². The third kappa shape index (κ3) is 23.5. The van der Waals surface area contributed by atoms with Crippen LogP contribution >= 0.6 is 0 Å². The minimum Gasteiger partial charge on any atom is -0.347 e. The smallest absolute Gasteiger partial charge is 0.168 e. The molecule has 0 aliphatic carbocycles. The van der Waals surface area contributed by atoms with Crippen molar-refractivity contribution in [3.63, 3.8) is 0 Å². The minimum atomic E-state index is -0.298. The molecule has 1 aliphatic rings. The van der Waals surface area contributed by atoms with Crippen molar-refractivity contribution in [3.05, 3.63) is 24.3 Å². The Bertz CT molecular complexity index is 563. The molecule has 0 aromatic carbocycles. The van der Waals surface area contributed by atoms with E-state index in [0.29, 0.717) is 6.10 Å². The number of ether oxygens (including phenoxy) is 2. The first-order valence-electron chi connectivity index (χ1n) is 18.4. The average molecular weight is 576 g/mol. The zero-order valence-corrected chi connectivity index (χ0v) is 28.4. The number of nitrogens with zero attached hydrogens (tertiary/aromatic N) is 1. The summed E-state index contributed by atoms with van der Waals surface area (Å²) in [7, 11) is 4.32. The summed E-state index contributed by atoms with van der Waals surface area (Å²) in [6.07, 6.45) is 43.6. The van der Waals surface area contributed by atoms with Gasteiger partial charge in [-0.1, -0.05) is 115 Å². The van der Waals surface area contributed by atoms with E-state index in [9.17, 15) is 0 Å². The summed E-state index contributed by atoms with van der Waals surface area (Å²) in [6.45, 7) is 6.49. The second-order valence-electron chi connectivity index (χ2n) is 13.2. The molecule has 1 saturated heterocycles. The predicted octanol–water partition coefficient (Wildman–Crippen LogP) is 12.0. The maximum atomic E-state index is 6.69. The molecule has 0 N–H and O–H groups in total. The van der Waals surface area contributed by atoms with Crippen LogP contribution in [0.25, 0.3) is 0 Å². The number of hydrogen-bond donors (Lipinski definition) is 0. The molecule has 0 spiro atoms. The Labute approximate surface area is 258 Å². The molecule has 41 heavy (non-hydrogen) atoms. The highest BCUT2D eigenvalue weighted by Crippen LogP contribution is 2.36. The van der Waals surface area contributed by atoms with E-state index in [4.69, 9.17) is 9.47 Å². The summed E-state index contributed by atoms with van der Waals surface area (Å²) < 4.78 is 13.2. The minimum absolute atomic E-state index is 0.292. The standard InChI is InChI=1S/C38H73NO2/c1-5-7-9-11-13-15-17-19-21-23-25-27-29-33-38(40-36-37(41-38)32-31-35-39(3)4)34-30-28-26-24-22-20-18-16-14-12-10-8-6-2/h13-16,37H,5-12,17-36H2,1-4H3/b15-13-,16-14-. The summed E-state index contributed by atoms with van der Waals surface area (Å²) in [5, 5.41) is 0. The van der Waals surface area contributed by atoms with Crippen molar-refractivity contribution >= 4 is 0 Å². The Balaban J connectivity index is 2.21. The second kappa shape index (κ2) is 28.1. The zero-order chi connectivity index (χ0) is 29.7. The number of unbranched alkanes of at least 4 members (excludes halogenated alkanes) is 18. The maximum Gasteiger partial charge on any atom is 0.168 e. The summed E-state index contributed by atoms with van der Waals surface area (Å²) in [6, 6.07) is 0. The van der Waals surface area contributed by atoms with Crippen molar-refractivity contribution in [2.75, 3.05) is 27.2 Å². The lowest BCUT2D eigenvalue weighted by Gasteiger charge is -2.28. The Morgan fingerprint density at radius 1 is 0.561 bits per heavy atom. The van der Waals surface area contributed by atoms with Gasteiger partial charge in [-0.25, -0.2) is 0 Å². The third-order valence-electron chi connectivity index (χ3n) is 8.68. The van der Waals surface area contributed by atoms with Crippen molar-refractivity contribution in [1.82, 2.24) is 4.90 Å². The molecule has 0 aromatic heterocycles. The van der Waals surface area contributed by atoms with Gasteiger partial charge in [0.25, 0.3) is 0 Å². The quantitative estimate of drug-likeness (QED) is 0.0628. The first kappa shape index (κ1) is 38.4. The van der Waals surface area contributed by atoms with Crippen molar-refractivity contribution in [2.45, 2.75) is 193 Å². The molecule has 0 aromatic rings. The van der Waals surface area contributed by atoms with Crippen molar-refractivity contribution < 1.29 is 9.47 Å². The first-order chi connectivity index (χ1) is 20.1. The molecular formula is C38H73NO2. The largest absolute Gasteiger partial charge is 0.347 e. The van der Waals surface area contributed by atoms with E-state index in [2.05, 4.69) is 57.1 Å². The van der Waals surface area contributed by atoms with Gasteiger partial charge in [-0.05, 0) is 97.7 Å². The van der Waals surface area contributed by atoms with Crippen LogP contribution in [0.1, 0.15) is 181 Å². The summed E-state index contributed by atoms with van der Waals surface area (Å²) in [5.41, 5.74) is 0. The monoisotopic (exact) mass is 576 g/mol. The second-order valence-corrected chi connectivity index (χ2v) is 13.2. The Kier molecular flexibility index (Phi) is 26.4. The van der Waals surface area contributed by atoms with Crippen molar-refractivity contribution in [1.29, 1.82) is 0 Å². The van der Waals surface area contributed by atoms with E-state index >= 15 is 0 Å². The van der Waals surface area contributed by atoms with Crippen LogP contribution in [-0.2, 0) is 9.47 Å². The van der Waals surface area contributed by atoms with Gasteiger partial charge >= 0.3 is 0 Å². The molecule has 242 valence electrons. The molecule has 0 amide bonds. The van der Waals surface area contributed by atoms with Gasteiger partial charge in [0.05, 0.1) is 12.7 Å². The molecule has 1 rings (SSSR count). The molecule has 0 radical (unpaired) electrons. The Morgan fingerprint density at radius 3 is 1.41 bits per heavy atom. The van der Waals surface area contributed by atoms with Crippen LogP contribution in [0, 0.1) is 0 Å².